The first-order chi connectivity index (χ1) is 11.7. The minimum Gasteiger partial charge on any atom is -0.595 e. The third kappa shape index (κ3) is 4.77. The van der Waals surface area contributed by atoms with Gasteiger partial charge < -0.3 is 9.94 Å². The highest BCUT2D eigenvalue weighted by Crippen LogP contribution is 2.23. The van der Waals surface area contributed by atoms with Gasteiger partial charge in [0.15, 0.2) is 15.5 Å². The van der Waals surface area contributed by atoms with Gasteiger partial charge in [-0.25, -0.2) is 18.4 Å². The van der Waals surface area contributed by atoms with Crippen LogP contribution in [-0.2, 0) is 20.3 Å². The standard InChI is InChI=1S/C16H16ClNO6S/c1-2-24-16(19)11-3-4-12(15(9-11)18(20)21)10-25(22,23)14-7-5-13(17)6-8-14/h3-9,18,20H,2,10H2,1H3. The number of hydrogen-bond acceptors (Lipinski definition) is 6. The van der Waals surface area contributed by atoms with Gasteiger partial charge in [0.2, 0.25) is 0 Å². The number of ether oxygens (including phenoxy) is 1. The van der Waals surface area contributed by atoms with Crippen molar-refractivity contribution < 1.29 is 28.4 Å². The minimum atomic E-state index is -3.77. The van der Waals surface area contributed by atoms with Gasteiger partial charge in [0.25, 0.3) is 0 Å². The molecule has 0 fully saturated rings. The van der Waals surface area contributed by atoms with Crippen molar-refractivity contribution in [1.29, 1.82) is 0 Å². The van der Waals surface area contributed by atoms with Crippen LogP contribution in [0.3, 0.4) is 0 Å². The highest BCUT2D eigenvalue weighted by molar-refractivity contribution is 7.90. The van der Waals surface area contributed by atoms with Crippen molar-refractivity contribution in [3.8, 4) is 0 Å². The minimum absolute atomic E-state index is 0.0303. The van der Waals surface area contributed by atoms with E-state index in [-0.39, 0.29) is 28.3 Å². The van der Waals surface area contributed by atoms with Crippen molar-refractivity contribution in [1.82, 2.24) is 0 Å². The number of carbonyl (C=O) groups excluding carboxylic acids is 1. The summed E-state index contributed by atoms with van der Waals surface area (Å²) in [5.74, 6) is -1.18. The molecule has 0 saturated carbocycles. The fraction of sp³-hybridized carbons (Fsp3) is 0.188. The molecule has 0 bridgehead atoms. The maximum Gasteiger partial charge on any atom is 0.338 e. The Morgan fingerprint density at radius 2 is 1.88 bits per heavy atom. The normalized spacial score (nSPS) is 12.6. The Bertz CT molecular complexity index is 865. The van der Waals surface area contributed by atoms with Gasteiger partial charge in [-0.2, -0.15) is 5.23 Å². The largest absolute Gasteiger partial charge is 0.595 e. The zero-order valence-corrected chi connectivity index (χ0v) is 14.8. The first-order valence-corrected chi connectivity index (χ1v) is 9.29. The molecule has 25 heavy (non-hydrogen) atoms. The van der Waals surface area contributed by atoms with Gasteiger partial charge in [0.1, 0.15) is 0 Å². The maximum absolute atomic E-state index is 12.5. The second-order valence-corrected chi connectivity index (χ2v) is 7.54. The molecule has 7 nitrogen and oxygen atoms in total. The van der Waals surface area contributed by atoms with Crippen LogP contribution in [0.1, 0.15) is 22.8 Å². The molecule has 0 saturated heterocycles. The van der Waals surface area contributed by atoms with Crippen LogP contribution < -0.4 is 5.23 Å². The van der Waals surface area contributed by atoms with E-state index in [9.17, 15) is 23.6 Å². The summed E-state index contributed by atoms with van der Waals surface area (Å²) >= 11 is 5.75. The Balaban J connectivity index is 2.38. The number of quaternary nitrogens is 1. The molecule has 0 aliphatic rings. The summed E-state index contributed by atoms with van der Waals surface area (Å²) in [6.45, 7) is 1.77. The molecule has 1 unspecified atom stereocenters. The summed E-state index contributed by atoms with van der Waals surface area (Å²) in [6.07, 6.45) is 0. The van der Waals surface area contributed by atoms with E-state index in [4.69, 9.17) is 16.3 Å². The van der Waals surface area contributed by atoms with E-state index in [2.05, 4.69) is 0 Å². The van der Waals surface area contributed by atoms with E-state index >= 15 is 0 Å². The van der Waals surface area contributed by atoms with E-state index in [1.165, 1.54) is 36.4 Å². The highest BCUT2D eigenvalue weighted by atomic mass is 35.5. The van der Waals surface area contributed by atoms with Crippen LogP contribution in [0.4, 0.5) is 5.69 Å². The first-order valence-electron chi connectivity index (χ1n) is 7.26. The topological polar surface area (TPSA) is 108 Å². The molecule has 2 N–H and O–H groups in total. The lowest BCUT2D eigenvalue weighted by Gasteiger charge is -2.17. The average molecular weight is 386 g/mol. The quantitative estimate of drug-likeness (QED) is 0.580. The van der Waals surface area contributed by atoms with E-state index in [1.807, 2.05) is 0 Å². The maximum atomic E-state index is 12.5. The van der Waals surface area contributed by atoms with Crippen LogP contribution in [0.15, 0.2) is 47.4 Å². The summed E-state index contributed by atoms with van der Waals surface area (Å²) in [7, 11) is -3.77. The van der Waals surface area contributed by atoms with E-state index in [1.54, 1.807) is 6.92 Å². The van der Waals surface area contributed by atoms with Crippen molar-refractivity contribution >= 4 is 33.1 Å². The van der Waals surface area contributed by atoms with Gasteiger partial charge in [-0.1, -0.05) is 17.7 Å². The monoisotopic (exact) mass is 385 g/mol. The molecule has 2 aromatic carbocycles. The van der Waals surface area contributed by atoms with Gasteiger partial charge in [-0.3, -0.25) is 0 Å². The number of nitrogens with one attached hydrogen (secondary N) is 1. The van der Waals surface area contributed by atoms with Gasteiger partial charge in [0, 0.05) is 16.7 Å². The molecule has 2 rings (SSSR count). The van der Waals surface area contributed by atoms with Crippen molar-refractivity contribution in [3.63, 3.8) is 0 Å². The predicted octanol–water partition coefficient (Wildman–Crippen LogP) is 1.89. The number of benzene rings is 2. The molecule has 0 amide bonds. The molecule has 9 heteroatoms. The van der Waals surface area contributed by atoms with E-state index < -0.39 is 26.8 Å². The Morgan fingerprint density at radius 3 is 2.44 bits per heavy atom. The van der Waals surface area contributed by atoms with Crippen LogP contribution in [0, 0.1) is 5.21 Å². The third-order valence-corrected chi connectivity index (χ3v) is 5.30. The van der Waals surface area contributed by atoms with E-state index in [0.29, 0.717) is 5.02 Å². The lowest BCUT2D eigenvalue weighted by atomic mass is 10.1. The van der Waals surface area contributed by atoms with Gasteiger partial charge in [0.05, 0.1) is 22.8 Å². The molecule has 0 heterocycles. The lowest BCUT2D eigenvalue weighted by Crippen LogP contribution is -2.99. The molecule has 0 aliphatic carbocycles. The number of esters is 1. The summed E-state index contributed by atoms with van der Waals surface area (Å²) in [5.41, 5.74) is -0.134. The van der Waals surface area contributed by atoms with Crippen molar-refractivity contribution in [2.75, 3.05) is 6.61 Å². The summed E-state index contributed by atoms with van der Waals surface area (Å²) in [6, 6.07) is 9.36. The smallest absolute Gasteiger partial charge is 0.338 e. The fourth-order valence-corrected chi connectivity index (χ4v) is 3.68. The van der Waals surface area contributed by atoms with Crippen molar-refractivity contribution in [3.05, 3.63) is 63.8 Å². The molecule has 134 valence electrons. The van der Waals surface area contributed by atoms with Crippen LogP contribution in [0.5, 0.6) is 0 Å². The number of hydrogen-bond donors (Lipinski definition) is 2. The Kier molecular flexibility index (Phi) is 6.15. The highest BCUT2D eigenvalue weighted by Gasteiger charge is 2.22. The first kappa shape index (κ1) is 19.4. The lowest BCUT2D eigenvalue weighted by molar-refractivity contribution is -0.991. The van der Waals surface area contributed by atoms with Gasteiger partial charge >= 0.3 is 5.97 Å². The molecule has 1 atom stereocenters. The number of rotatable bonds is 6. The van der Waals surface area contributed by atoms with Crippen molar-refractivity contribution in [2.45, 2.75) is 17.6 Å². The molecule has 0 aliphatic heterocycles. The molecule has 2 aromatic rings. The predicted molar refractivity (Wildman–Crippen MR) is 90.5 cm³/mol. The summed E-state index contributed by atoms with van der Waals surface area (Å²) in [5, 5.41) is 19.9. The van der Waals surface area contributed by atoms with Crippen LogP contribution in [-0.4, -0.2) is 26.2 Å². The average Bonchev–Trinajstić information content (AvgIpc) is 2.55. The number of halogens is 1. The van der Waals surface area contributed by atoms with Crippen LogP contribution >= 0.6 is 11.6 Å². The van der Waals surface area contributed by atoms with Crippen LogP contribution in [0.25, 0.3) is 0 Å². The molecule has 0 aromatic heterocycles. The molecule has 0 spiro atoms. The van der Waals surface area contributed by atoms with Gasteiger partial charge in [-0.15, -0.1) is 0 Å². The second kappa shape index (κ2) is 7.94. The summed E-state index contributed by atoms with van der Waals surface area (Å²) < 4.78 is 29.8. The summed E-state index contributed by atoms with van der Waals surface area (Å²) in [4.78, 5) is 11.8. The van der Waals surface area contributed by atoms with Gasteiger partial charge in [-0.05, 0) is 37.3 Å². The van der Waals surface area contributed by atoms with Crippen LogP contribution in [0.2, 0.25) is 5.02 Å². The Hall–Kier alpha value is -1.97. The number of carbonyl (C=O) groups is 1. The van der Waals surface area contributed by atoms with E-state index in [0.717, 1.165) is 6.07 Å². The molecular formula is C16H16ClNO6S. The zero-order valence-electron chi connectivity index (χ0n) is 13.2. The fourth-order valence-electron chi connectivity index (χ4n) is 2.17. The van der Waals surface area contributed by atoms with Crippen molar-refractivity contribution in [2.24, 2.45) is 0 Å². The third-order valence-electron chi connectivity index (χ3n) is 3.37. The second-order valence-electron chi connectivity index (χ2n) is 5.11. The Morgan fingerprint density at radius 1 is 1.24 bits per heavy atom. The zero-order chi connectivity index (χ0) is 18.6. The molecular weight excluding hydrogens is 370 g/mol. The SMILES string of the molecule is CCOC(=O)c1ccc(CS(=O)(=O)c2ccc(Cl)cc2)c([NH+]([O-])O)c1. The number of sulfone groups is 1. The molecule has 0 radical (unpaired) electrons. The Labute approximate surface area is 149 Å².